The lowest BCUT2D eigenvalue weighted by Crippen LogP contribution is -2.20. The molecule has 1 aliphatic heterocycles. The number of fused-ring (bicyclic) bond motifs is 1. The molecule has 0 radical (unpaired) electrons. The number of hydrogen-bond acceptors (Lipinski definition) is 2. The van der Waals surface area contributed by atoms with Gasteiger partial charge in [0, 0.05) is 11.3 Å². The van der Waals surface area contributed by atoms with E-state index in [1.165, 1.54) is 0 Å². The molecule has 18 heavy (non-hydrogen) atoms. The molecule has 0 bridgehead atoms. The van der Waals surface area contributed by atoms with Crippen molar-refractivity contribution in [3.63, 3.8) is 0 Å². The Hall–Kier alpha value is -2.55. The summed E-state index contributed by atoms with van der Waals surface area (Å²) in [5, 5.41) is 9.24. The highest BCUT2D eigenvalue weighted by Gasteiger charge is 2.33. The summed E-state index contributed by atoms with van der Waals surface area (Å²) in [6, 6.07) is 16.8. The number of hydrogen-bond donors (Lipinski definition) is 1. The van der Waals surface area contributed by atoms with Crippen LogP contribution in [0.5, 0.6) is 0 Å². The largest absolute Gasteiger partial charge is 0.515 e. The van der Waals surface area contributed by atoms with Gasteiger partial charge < -0.3 is 5.11 Å². The summed E-state index contributed by atoms with van der Waals surface area (Å²) in [6.45, 7) is 0. The van der Waals surface area contributed by atoms with Crippen LogP contribution in [0, 0.1) is 0 Å². The molecule has 1 aliphatic rings. The van der Waals surface area contributed by atoms with Crippen LogP contribution in [0.25, 0.3) is 5.57 Å². The number of aliphatic hydroxyl groups excluding tert-OH is 1. The number of benzene rings is 2. The van der Waals surface area contributed by atoms with Gasteiger partial charge >= 0.3 is 0 Å². The second-order valence-electron chi connectivity index (χ2n) is 4.04. The van der Waals surface area contributed by atoms with Crippen molar-refractivity contribution in [1.29, 1.82) is 0 Å². The molecule has 0 saturated heterocycles. The highest BCUT2D eigenvalue weighted by atomic mass is 16.2. The Morgan fingerprint density at radius 3 is 2.33 bits per heavy atom. The molecule has 1 N–H and O–H groups in total. The Bertz CT molecular complexity index is 632. The van der Waals surface area contributed by atoms with Crippen molar-refractivity contribution in [1.82, 2.24) is 0 Å². The van der Waals surface area contributed by atoms with Crippen LogP contribution >= 0.6 is 0 Å². The Morgan fingerprint density at radius 2 is 1.61 bits per heavy atom. The van der Waals surface area contributed by atoms with Gasteiger partial charge in [-0.25, -0.2) is 0 Å². The van der Waals surface area contributed by atoms with Gasteiger partial charge in [-0.2, -0.15) is 0 Å². The summed E-state index contributed by atoms with van der Waals surface area (Å²) in [5.41, 5.74) is 2.68. The van der Waals surface area contributed by atoms with Crippen LogP contribution in [-0.2, 0) is 4.79 Å². The normalized spacial score (nSPS) is 16.1. The van der Waals surface area contributed by atoms with E-state index in [2.05, 4.69) is 0 Å². The van der Waals surface area contributed by atoms with Gasteiger partial charge in [0.2, 0.25) is 0 Å². The molecule has 0 spiro atoms. The summed E-state index contributed by atoms with van der Waals surface area (Å²) in [7, 11) is 0. The van der Waals surface area contributed by atoms with E-state index in [-0.39, 0.29) is 5.91 Å². The Labute approximate surface area is 105 Å². The van der Waals surface area contributed by atoms with Crippen molar-refractivity contribution in [3.05, 3.63) is 66.4 Å². The van der Waals surface area contributed by atoms with Crippen molar-refractivity contribution >= 4 is 22.9 Å². The van der Waals surface area contributed by atoms with E-state index >= 15 is 0 Å². The first kappa shape index (κ1) is 10.6. The minimum Gasteiger partial charge on any atom is -0.515 e. The highest BCUT2D eigenvalue weighted by molar-refractivity contribution is 6.34. The van der Waals surface area contributed by atoms with Gasteiger partial charge in [0.25, 0.3) is 5.91 Å². The fourth-order valence-electron chi connectivity index (χ4n) is 2.20. The maximum Gasteiger partial charge on any atom is 0.266 e. The van der Waals surface area contributed by atoms with Gasteiger partial charge in [0.05, 0.1) is 17.5 Å². The molecular formula is C15H11NO2. The maximum atomic E-state index is 12.3. The molecule has 3 heteroatoms. The van der Waals surface area contributed by atoms with Crippen LogP contribution in [0.3, 0.4) is 0 Å². The predicted molar refractivity (Wildman–Crippen MR) is 70.6 cm³/mol. The number of anilines is 2. The van der Waals surface area contributed by atoms with E-state index in [4.69, 9.17) is 0 Å². The Kier molecular flexibility index (Phi) is 2.38. The molecule has 0 saturated carbocycles. The molecule has 0 aliphatic carbocycles. The van der Waals surface area contributed by atoms with Gasteiger partial charge in [0.15, 0.2) is 0 Å². The number of aliphatic hydroxyl groups is 1. The smallest absolute Gasteiger partial charge is 0.266 e. The van der Waals surface area contributed by atoms with Gasteiger partial charge in [0.1, 0.15) is 0 Å². The fraction of sp³-hybridized carbons (Fsp3) is 0. The van der Waals surface area contributed by atoms with E-state index in [1.54, 1.807) is 4.90 Å². The zero-order chi connectivity index (χ0) is 12.5. The van der Waals surface area contributed by atoms with Crippen LogP contribution in [0.4, 0.5) is 11.4 Å². The van der Waals surface area contributed by atoms with Crippen molar-refractivity contribution in [2.45, 2.75) is 0 Å². The number of nitrogens with zero attached hydrogens (tertiary/aromatic N) is 1. The molecule has 2 aromatic rings. The number of carbonyl (C=O) groups excluding carboxylic acids is 1. The molecule has 0 unspecified atom stereocenters. The van der Waals surface area contributed by atoms with Crippen LogP contribution in [0.2, 0.25) is 0 Å². The van der Waals surface area contributed by atoms with Crippen LogP contribution in [0.15, 0.2) is 60.9 Å². The van der Waals surface area contributed by atoms with E-state index in [0.717, 1.165) is 23.2 Å². The van der Waals surface area contributed by atoms with E-state index in [0.29, 0.717) is 5.57 Å². The van der Waals surface area contributed by atoms with Crippen molar-refractivity contribution in [2.24, 2.45) is 0 Å². The average molecular weight is 237 g/mol. The minimum atomic E-state index is -0.204. The number of rotatable bonds is 1. The third-order valence-corrected chi connectivity index (χ3v) is 3.01. The molecule has 88 valence electrons. The first-order chi connectivity index (χ1) is 8.83. The number of carbonyl (C=O) groups is 1. The predicted octanol–water partition coefficient (Wildman–Crippen LogP) is 3.26. The molecule has 1 amide bonds. The maximum absolute atomic E-state index is 12.3. The van der Waals surface area contributed by atoms with Crippen molar-refractivity contribution in [2.75, 3.05) is 4.90 Å². The zero-order valence-corrected chi connectivity index (χ0v) is 9.58. The summed E-state index contributed by atoms with van der Waals surface area (Å²) in [5.74, 6) is -0.204. The quantitative estimate of drug-likeness (QED) is 0.611. The first-order valence-corrected chi connectivity index (χ1v) is 5.66. The van der Waals surface area contributed by atoms with Gasteiger partial charge in [-0.3, -0.25) is 9.69 Å². The summed E-state index contributed by atoms with van der Waals surface area (Å²) in [6.07, 6.45) is 0.879. The lowest BCUT2D eigenvalue weighted by molar-refractivity contribution is -0.112. The topological polar surface area (TPSA) is 40.5 Å². The van der Waals surface area contributed by atoms with Crippen LogP contribution in [0.1, 0.15) is 5.56 Å². The van der Waals surface area contributed by atoms with E-state index < -0.39 is 0 Å². The summed E-state index contributed by atoms with van der Waals surface area (Å²) < 4.78 is 0. The summed E-state index contributed by atoms with van der Waals surface area (Å²) in [4.78, 5) is 13.9. The molecular weight excluding hydrogens is 226 g/mol. The number of para-hydroxylation sites is 2. The van der Waals surface area contributed by atoms with Crippen LogP contribution in [-0.4, -0.2) is 11.0 Å². The standard InChI is InChI=1S/C15H11NO2/c17-10-13-12-8-4-5-9-14(12)16(15(13)18)11-6-2-1-3-7-11/h1-10,17H. The molecule has 0 aromatic heterocycles. The SMILES string of the molecule is O=C1C(=CO)c2ccccc2N1c1ccccc1. The third-order valence-electron chi connectivity index (χ3n) is 3.01. The van der Waals surface area contributed by atoms with Gasteiger partial charge in [-0.05, 0) is 18.2 Å². The second kappa shape index (κ2) is 4.04. The van der Waals surface area contributed by atoms with Gasteiger partial charge in [-0.1, -0.05) is 36.4 Å². The molecule has 3 nitrogen and oxygen atoms in total. The lowest BCUT2D eigenvalue weighted by Gasteiger charge is -2.16. The molecule has 3 rings (SSSR count). The van der Waals surface area contributed by atoms with Crippen molar-refractivity contribution in [3.8, 4) is 0 Å². The third kappa shape index (κ3) is 1.41. The second-order valence-corrected chi connectivity index (χ2v) is 4.04. The average Bonchev–Trinajstić information content (AvgIpc) is 2.71. The molecule has 1 heterocycles. The number of amides is 1. The van der Waals surface area contributed by atoms with E-state index in [9.17, 15) is 9.90 Å². The van der Waals surface area contributed by atoms with Crippen LogP contribution < -0.4 is 4.90 Å². The molecule has 2 aromatic carbocycles. The van der Waals surface area contributed by atoms with Crippen molar-refractivity contribution < 1.29 is 9.90 Å². The first-order valence-electron chi connectivity index (χ1n) is 5.66. The van der Waals surface area contributed by atoms with E-state index in [1.807, 2.05) is 54.6 Å². The fourth-order valence-corrected chi connectivity index (χ4v) is 2.20. The Balaban J connectivity index is 2.21. The lowest BCUT2D eigenvalue weighted by atomic mass is 10.1. The Morgan fingerprint density at radius 1 is 0.944 bits per heavy atom. The monoisotopic (exact) mass is 237 g/mol. The van der Waals surface area contributed by atoms with Gasteiger partial charge in [-0.15, -0.1) is 0 Å². The minimum absolute atomic E-state index is 0.204. The molecule has 0 atom stereocenters. The summed E-state index contributed by atoms with van der Waals surface area (Å²) >= 11 is 0. The highest BCUT2D eigenvalue weighted by Crippen LogP contribution is 2.40. The molecule has 0 fully saturated rings. The zero-order valence-electron chi connectivity index (χ0n) is 9.58.